The SMILES string of the molecule is COc1cc(/C=C/c2cc(F)c(C/C=C(\C)CCC=C(C)C)c(F)c2)cc2c1OC1(C)CCC(O)C(C)(C)C1C2. The molecule has 4 rings (SSSR count). The summed E-state index contributed by atoms with van der Waals surface area (Å²) in [7, 11) is 1.62. The van der Waals surface area contributed by atoms with Gasteiger partial charge in [-0.2, -0.15) is 0 Å². The number of hydrogen-bond acceptors (Lipinski definition) is 3. The molecule has 0 radical (unpaired) electrons. The van der Waals surface area contributed by atoms with Crippen LogP contribution in [0, 0.1) is 23.0 Å². The molecule has 0 amide bonds. The van der Waals surface area contributed by atoms with E-state index in [1.807, 2.05) is 25.1 Å². The van der Waals surface area contributed by atoms with Crippen LogP contribution in [0.15, 0.2) is 47.6 Å². The maximum absolute atomic E-state index is 14.9. The lowest BCUT2D eigenvalue weighted by atomic mass is 9.57. The number of fused-ring (bicyclic) bond motifs is 2. The fourth-order valence-electron chi connectivity index (χ4n) is 6.31. The van der Waals surface area contributed by atoms with E-state index in [2.05, 4.69) is 46.8 Å². The van der Waals surface area contributed by atoms with Gasteiger partial charge in [-0.25, -0.2) is 8.78 Å². The van der Waals surface area contributed by atoms with Crippen molar-refractivity contribution in [2.45, 2.75) is 91.8 Å². The molecule has 1 heterocycles. The number of aliphatic hydroxyl groups excluding tert-OH is 1. The first-order chi connectivity index (χ1) is 18.8. The molecule has 40 heavy (non-hydrogen) atoms. The van der Waals surface area contributed by atoms with Gasteiger partial charge < -0.3 is 14.6 Å². The minimum atomic E-state index is -0.540. The van der Waals surface area contributed by atoms with Crippen LogP contribution < -0.4 is 9.47 Å². The third-order valence-corrected chi connectivity index (χ3v) is 8.92. The molecule has 1 saturated carbocycles. The van der Waals surface area contributed by atoms with Gasteiger partial charge in [0.2, 0.25) is 0 Å². The van der Waals surface area contributed by atoms with Crippen molar-refractivity contribution in [1.29, 1.82) is 0 Å². The Bertz CT molecular complexity index is 1310. The van der Waals surface area contributed by atoms with E-state index in [0.717, 1.165) is 48.1 Å². The molecule has 1 aliphatic carbocycles. The van der Waals surface area contributed by atoms with Crippen LogP contribution in [0.25, 0.3) is 12.2 Å². The number of methoxy groups -OCH3 is 1. The first-order valence-electron chi connectivity index (χ1n) is 14.4. The molecule has 0 bridgehead atoms. The molecule has 1 aliphatic heterocycles. The van der Waals surface area contributed by atoms with Crippen molar-refractivity contribution in [2.24, 2.45) is 11.3 Å². The third-order valence-electron chi connectivity index (χ3n) is 8.92. The molecular formula is C35H44F2O3. The second-order valence-corrected chi connectivity index (χ2v) is 12.6. The zero-order chi connectivity index (χ0) is 29.2. The fourth-order valence-corrected chi connectivity index (χ4v) is 6.31. The molecule has 2 aromatic carbocycles. The van der Waals surface area contributed by atoms with Gasteiger partial charge in [-0.15, -0.1) is 0 Å². The average Bonchev–Trinajstić information content (AvgIpc) is 2.88. The summed E-state index contributed by atoms with van der Waals surface area (Å²) in [6.45, 7) is 12.5. The van der Waals surface area contributed by atoms with Crippen LogP contribution in [0.1, 0.15) is 89.5 Å². The molecule has 3 unspecified atom stereocenters. The maximum Gasteiger partial charge on any atom is 0.165 e. The first-order valence-corrected chi connectivity index (χ1v) is 14.4. The van der Waals surface area contributed by atoms with Crippen LogP contribution >= 0.6 is 0 Å². The van der Waals surface area contributed by atoms with Crippen molar-refractivity contribution in [1.82, 2.24) is 0 Å². The summed E-state index contributed by atoms with van der Waals surface area (Å²) in [5.74, 6) is 0.445. The lowest BCUT2D eigenvalue weighted by Crippen LogP contribution is -2.58. The van der Waals surface area contributed by atoms with Crippen molar-refractivity contribution >= 4 is 12.2 Å². The molecule has 1 fully saturated rings. The molecule has 0 spiro atoms. The topological polar surface area (TPSA) is 38.7 Å². The van der Waals surface area contributed by atoms with Gasteiger partial charge >= 0.3 is 0 Å². The molecule has 5 heteroatoms. The Morgan fingerprint density at radius 2 is 1.68 bits per heavy atom. The van der Waals surface area contributed by atoms with Gasteiger partial charge in [-0.3, -0.25) is 0 Å². The highest BCUT2D eigenvalue weighted by atomic mass is 19.1. The third kappa shape index (κ3) is 6.35. The van der Waals surface area contributed by atoms with Crippen LogP contribution in [0.2, 0.25) is 0 Å². The Kier molecular flexibility index (Phi) is 8.94. The van der Waals surface area contributed by atoms with Crippen molar-refractivity contribution < 1.29 is 23.4 Å². The van der Waals surface area contributed by atoms with Gasteiger partial charge in [-0.05, 0) is 113 Å². The minimum absolute atomic E-state index is 0.0895. The molecule has 1 N–H and O–H groups in total. The van der Waals surface area contributed by atoms with Gasteiger partial charge in [-0.1, -0.05) is 49.3 Å². The molecule has 3 nitrogen and oxygen atoms in total. The minimum Gasteiger partial charge on any atom is -0.493 e. The van der Waals surface area contributed by atoms with E-state index in [-0.39, 0.29) is 35.0 Å². The second-order valence-electron chi connectivity index (χ2n) is 12.6. The zero-order valence-corrected chi connectivity index (χ0v) is 25.0. The molecule has 2 aliphatic rings. The number of aliphatic hydroxyl groups is 1. The Labute approximate surface area is 238 Å². The molecule has 3 atom stereocenters. The highest BCUT2D eigenvalue weighted by molar-refractivity contribution is 5.72. The van der Waals surface area contributed by atoms with Crippen molar-refractivity contribution in [2.75, 3.05) is 7.11 Å². The van der Waals surface area contributed by atoms with Gasteiger partial charge in [0, 0.05) is 11.5 Å². The lowest BCUT2D eigenvalue weighted by molar-refractivity contribution is -0.138. The standard InChI is InChI=1S/C35H44F2O3/c1-22(2)9-8-10-23(3)11-14-27-28(36)18-25(19-29(27)37)13-12-24-17-26-21-31-34(4,5)32(38)15-16-35(31,6)40-33(26)30(20-24)39-7/h9,11-13,17-20,31-32,38H,8,10,14-16,21H2,1-7H3/b13-12+,23-11+. The van der Waals surface area contributed by atoms with E-state index < -0.39 is 11.6 Å². The molecule has 0 saturated heterocycles. The summed E-state index contributed by atoms with van der Waals surface area (Å²) in [5.41, 5.74) is 4.14. The van der Waals surface area contributed by atoms with Crippen LogP contribution in [-0.4, -0.2) is 23.9 Å². The number of allylic oxidation sites excluding steroid dienone is 4. The smallest absolute Gasteiger partial charge is 0.165 e. The van der Waals surface area contributed by atoms with Gasteiger partial charge in [0.1, 0.15) is 17.2 Å². The lowest BCUT2D eigenvalue weighted by Gasteiger charge is -2.55. The summed E-state index contributed by atoms with van der Waals surface area (Å²) in [6, 6.07) is 6.72. The van der Waals surface area contributed by atoms with Crippen molar-refractivity contribution in [3.8, 4) is 11.5 Å². The monoisotopic (exact) mass is 550 g/mol. The normalized spacial score (nSPS) is 23.8. The number of halogens is 2. The van der Waals surface area contributed by atoms with Gasteiger partial charge in [0.15, 0.2) is 11.5 Å². The number of benzene rings is 2. The summed E-state index contributed by atoms with van der Waals surface area (Å²) in [4.78, 5) is 0. The van der Waals surface area contributed by atoms with Crippen LogP contribution in [0.3, 0.4) is 0 Å². The molecular weight excluding hydrogens is 506 g/mol. The number of rotatable bonds is 8. The predicted octanol–water partition coefficient (Wildman–Crippen LogP) is 8.87. The van der Waals surface area contributed by atoms with Gasteiger partial charge in [0.05, 0.1) is 13.2 Å². The van der Waals surface area contributed by atoms with E-state index in [9.17, 15) is 13.9 Å². The Hall–Kier alpha value is -2.92. The van der Waals surface area contributed by atoms with Crippen LogP contribution in [0.4, 0.5) is 8.78 Å². The van der Waals surface area contributed by atoms with Crippen LogP contribution in [0.5, 0.6) is 11.5 Å². The van der Waals surface area contributed by atoms with E-state index in [1.165, 1.54) is 17.7 Å². The predicted molar refractivity (Wildman–Crippen MR) is 160 cm³/mol. The fraction of sp³-hybridized carbons (Fsp3) is 0.486. The maximum atomic E-state index is 14.9. The summed E-state index contributed by atoms with van der Waals surface area (Å²) >= 11 is 0. The number of ether oxygens (including phenoxy) is 2. The molecule has 0 aromatic heterocycles. The van der Waals surface area contributed by atoms with Gasteiger partial charge in [0.25, 0.3) is 0 Å². The van der Waals surface area contributed by atoms with Crippen molar-refractivity contribution in [3.05, 3.63) is 81.5 Å². The summed E-state index contributed by atoms with van der Waals surface area (Å²) in [6.07, 6.45) is 11.6. The highest BCUT2D eigenvalue weighted by Crippen LogP contribution is 2.55. The van der Waals surface area contributed by atoms with Crippen LogP contribution in [-0.2, 0) is 12.8 Å². The van der Waals surface area contributed by atoms with E-state index in [4.69, 9.17) is 9.47 Å². The van der Waals surface area contributed by atoms with E-state index >= 15 is 0 Å². The Morgan fingerprint density at radius 3 is 2.30 bits per heavy atom. The Morgan fingerprint density at radius 1 is 1.02 bits per heavy atom. The highest BCUT2D eigenvalue weighted by Gasteiger charge is 2.54. The summed E-state index contributed by atoms with van der Waals surface area (Å²) < 4.78 is 42.1. The largest absolute Gasteiger partial charge is 0.493 e. The average molecular weight is 551 g/mol. The first kappa shape index (κ1) is 30.0. The van der Waals surface area contributed by atoms with E-state index in [0.29, 0.717) is 17.7 Å². The second kappa shape index (κ2) is 11.9. The molecule has 216 valence electrons. The Balaban J connectivity index is 1.55. The number of hydrogen-bond donors (Lipinski definition) is 1. The van der Waals surface area contributed by atoms with Crippen molar-refractivity contribution in [3.63, 3.8) is 0 Å². The summed E-state index contributed by atoms with van der Waals surface area (Å²) in [5, 5.41) is 10.7. The quantitative estimate of drug-likeness (QED) is 0.264. The zero-order valence-electron chi connectivity index (χ0n) is 25.0. The van der Waals surface area contributed by atoms with E-state index in [1.54, 1.807) is 13.2 Å². The molecule has 2 aromatic rings.